The number of sulfonamides is 1. The third-order valence-corrected chi connectivity index (χ3v) is 6.16. The lowest BCUT2D eigenvalue weighted by Crippen LogP contribution is -2.27. The molecule has 0 aliphatic heterocycles. The number of hydrogen-bond donors (Lipinski definition) is 1. The van der Waals surface area contributed by atoms with Crippen LogP contribution in [0, 0.1) is 6.92 Å². The van der Waals surface area contributed by atoms with E-state index in [4.69, 9.17) is 0 Å². The van der Waals surface area contributed by atoms with E-state index < -0.39 is 10.0 Å². The number of aliphatic hydroxyl groups excluding tert-OH is 1. The number of aryl methyl sites for hydroxylation is 1. The van der Waals surface area contributed by atoms with Gasteiger partial charge in [-0.2, -0.15) is 4.31 Å². The molecule has 2 rings (SSSR count). The molecule has 0 aromatic carbocycles. The maximum atomic E-state index is 12.6. The van der Waals surface area contributed by atoms with Crippen LogP contribution in [0.2, 0.25) is 0 Å². The van der Waals surface area contributed by atoms with Gasteiger partial charge in [-0.05, 0) is 30.0 Å². The molecule has 0 saturated heterocycles. The smallest absolute Gasteiger partial charge is 0.244 e. The SMILES string of the molecule is Cc1csc(CO)c1S(=O)(=O)N(C)Cc1ccccn1. The first kappa shape index (κ1) is 15.1. The number of aliphatic hydroxyl groups is 1. The summed E-state index contributed by atoms with van der Waals surface area (Å²) in [5.74, 6) is 0. The molecule has 0 atom stereocenters. The molecular weight excluding hydrogens is 296 g/mol. The largest absolute Gasteiger partial charge is 0.391 e. The van der Waals surface area contributed by atoms with E-state index in [1.807, 2.05) is 6.07 Å². The third-order valence-electron chi connectivity index (χ3n) is 2.91. The summed E-state index contributed by atoms with van der Waals surface area (Å²) in [6, 6.07) is 5.38. The fourth-order valence-corrected chi connectivity index (χ4v) is 4.65. The normalized spacial score (nSPS) is 12.0. The van der Waals surface area contributed by atoms with Crippen molar-refractivity contribution in [3.8, 4) is 0 Å². The van der Waals surface area contributed by atoms with Crippen LogP contribution in [-0.2, 0) is 23.2 Å². The Kier molecular flexibility index (Phi) is 4.54. The van der Waals surface area contributed by atoms with Gasteiger partial charge in [-0.3, -0.25) is 4.98 Å². The molecule has 2 aromatic heterocycles. The van der Waals surface area contributed by atoms with E-state index in [1.54, 1.807) is 30.6 Å². The Morgan fingerprint density at radius 2 is 2.15 bits per heavy atom. The Balaban J connectivity index is 2.32. The molecule has 0 unspecified atom stereocenters. The molecule has 20 heavy (non-hydrogen) atoms. The molecule has 0 spiro atoms. The van der Waals surface area contributed by atoms with E-state index in [2.05, 4.69) is 4.98 Å². The van der Waals surface area contributed by atoms with Crippen LogP contribution in [0.25, 0.3) is 0 Å². The topological polar surface area (TPSA) is 70.5 Å². The van der Waals surface area contributed by atoms with Crippen molar-refractivity contribution in [3.05, 3.63) is 45.9 Å². The molecule has 2 heterocycles. The van der Waals surface area contributed by atoms with E-state index in [0.29, 0.717) is 16.1 Å². The monoisotopic (exact) mass is 312 g/mol. The Bertz CT molecular complexity index is 681. The molecule has 108 valence electrons. The van der Waals surface area contributed by atoms with Gasteiger partial charge in [0.15, 0.2) is 0 Å². The highest BCUT2D eigenvalue weighted by atomic mass is 32.2. The summed E-state index contributed by atoms with van der Waals surface area (Å²) in [6.07, 6.45) is 1.63. The van der Waals surface area contributed by atoms with Crippen LogP contribution in [0.4, 0.5) is 0 Å². The van der Waals surface area contributed by atoms with Gasteiger partial charge in [0.2, 0.25) is 10.0 Å². The standard InChI is InChI=1S/C13H16N2O3S2/c1-10-9-19-12(8-16)13(10)20(17,18)15(2)7-11-5-3-4-6-14-11/h3-6,9,16H,7-8H2,1-2H3. The van der Waals surface area contributed by atoms with Crippen molar-refractivity contribution in [3.63, 3.8) is 0 Å². The molecule has 0 bridgehead atoms. The molecular formula is C13H16N2O3S2. The van der Waals surface area contributed by atoms with E-state index in [1.165, 1.54) is 22.7 Å². The average molecular weight is 312 g/mol. The molecule has 2 aromatic rings. The van der Waals surface area contributed by atoms with Gasteiger partial charge in [0.25, 0.3) is 0 Å². The number of nitrogens with zero attached hydrogens (tertiary/aromatic N) is 2. The fraction of sp³-hybridized carbons (Fsp3) is 0.308. The van der Waals surface area contributed by atoms with Gasteiger partial charge >= 0.3 is 0 Å². The van der Waals surface area contributed by atoms with Crippen LogP contribution in [-0.4, -0.2) is 29.9 Å². The van der Waals surface area contributed by atoms with Crippen molar-refractivity contribution < 1.29 is 13.5 Å². The summed E-state index contributed by atoms with van der Waals surface area (Å²) in [7, 11) is -2.11. The lowest BCUT2D eigenvalue weighted by Gasteiger charge is -2.17. The highest BCUT2D eigenvalue weighted by Gasteiger charge is 2.27. The van der Waals surface area contributed by atoms with E-state index >= 15 is 0 Å². The molecule has 0 amide bonds. The minimum atomic E-state index is -3.62. The Morgan fingerprint density at radius 1 is 1.40 bits per heavy atom. The summed E-state index contributed by atoms with van der Waals surface area (Å²) in [5.41, 5.74) is 1.34. The van der Waals surface area contributed by atoms with Crippen LogP contribution in [0.1, 0.15) is 16.1 Å². The van der Waals surface area contributed by atoms with Gasteiger partial charge in [-0.25, -0.2) is 8.42 Å². The molecule has 0 saturated carbocycles. The van der Waals surface area contributed by atoms with Gasteiger partial charge < -0.3 is 5.11 Å². The second-order valence-corrected chi connectivity index (χ2v) is 7.36. The molecule has 0 radical (unpaired) electrons. The first-order valence-corrected chi connectivity index (χ1v) is 8.33. The Hall–Kier alpha value is -1.28. The van der Waals surface area contributed by atoms with Gasteiger partial charge in [-0.1, -0.05) is 6.07 Å². The number of rotatable bonds is 5. The van der Waals surface area contributed by atoms with E-state index in [0.717, 1.165) is 0 Å². The third kappa shape index (κ3) is 2.90. The summed E-state index contributed by atoms with van der Waals surface area (Å²) in [5, 5.41) is 11.0. The summed E-state index contributed by atoms with van der Waals surface area (Å²) in [4.78, 5) is 4.81. The summed E-state index contributed by atoms with van der Waals surface area (Å²) < 4.78 is 26.4. The first-order chi connectivity index (χ1) is 9.46. The maximum absolute atomic E-state index is 12.6. The van der Waals surface area contributed by atoms with Crippen molar-refractivity contribution in [1.29, 1.82) is 0 Å². The minimum absolute atomic E-state index is 0.198. The molecule has 0 fully saturated rings. The minimum Gasteiger partial charge on any atom is -0.391 e. The lowest BCUT2D eigenvalue weighted by atomic mass is 10.3. The lowest BCUT2D eigenvalue weighted by molar-refractivity contribution is 0.282. The Labute approximate surface area is 122 Å². The molecule has 7 heteroatoms. The molecule has 0 aliphatic rings. The van der Waals surface area contributed by atoms with Gasteiger partial charge in [0, 0.05) is 13.2 Å². The van der Waals surface area contributed by atoms with Gasteiger partial charge in [-0.15, -0.1) is 11.3 Å². The molecule has 5 nitrogen and oxygen atoms in total. The van der Waals surface area contributed by atoms with Gasteiger partial charge in [0.05, 0.1) is 23.7 Å². The van der Waals surface area contributed by atoms with E-state index in [-0.39, 0.29) is 18.0 Å². The fourth-order valence-electron chi connectivity index (χ4n) is 1.90. The second-order valence-electron chi connectivity index (χ2n) is 4.41. The van der Waals surface area contributed by atoms with Crippen LogP contribution in [0.3, 0.4) is 0 Å². The predicted octanol–water partition coefficient (Wildman–Crippen LogP) is 1.76. The van der Waals surface area contributed by atoms with Crippen LogP contribution in [0.5, 0.6) is 0 Å². The van der Waals surface area contributed by atoms with Crippen molar-refractivity contribution >= 4 is 21.4 Å². The van der Waals surface area contributed by atoms with Crippen molar-refractivity contribution in [2.75, 3.05) is 7.05 Å². The van der Waals surface area contributed by atoms with Crippen LogP contribution in [0.15, 0.2) is 34.7 Å². The zero-order chi connectivity index (χ0) is 14.8. The average Bonchev–Trinajstić information content (AvgIpc) is 2.81. The number of aromatic nitrogens is 1. The molecule has 1 N–H and O–H groups in total. The van der Waals surface area contributed by atoms with E-state index in [9.17, 15) is 13.5 Å². The number of pyridine rings is 1. The quantitative estimate of drug-likeness (QED) is 0.913. The van der Waals surface area contributed by atoms with Crippen molar-refractivity contribution in [2.24, 2.45) is 0 Å². The molecule has 0 aliphatic carbocycles. The summed E-state index contributed by atoms with van der Waals surface area (Å²) in [6.45, 7) is 1.66. The van der Waals surface area contributed by atoms with Crippen LogP contribution >= 0.6 is 11.3 Å². The maximum Gasteiger partial charge on any atom is 0.244 e. The van der Waals surface area contributed by atoms with Crippen LogP contribution < -0.4 is 0 Å². The highest BCUT2D eigenvalue weighted by molar-refractivity contribution is 7.89. The number of hydrogen-bond acceptors (Lipinski definition) is 5. The zero-order valence-electron chi connectivity index (χ0n) is 11.3. The van der Waals surface area contributed by atoms with Crippen molar-refractivity contribution in [2.45, 2.75) is 25.0 Å². The Morgan fingerprint density at radius 3 is 2.75 bits per heavy atom. The predicted molar refractivity (Wildman–Crippen MR) is 77.9 cm³/mol. The number of thiophene rings is 1. The summed E-state index contributed by atoms with van der Waals surface area (Å²) >= 11 is 1.26. The second kappa shape index (κ2) is 6.01. The van der Waals surface area contributed by atoms with Crippen molar-refractivity contribution in [1.82, 2.24) is 9.29 Å². The van der Waals surface area contributed by atoms with Gasteiger partial charge in [0.1, 0.15) is 4.90 Å². The first-order valence-electron chi connectivity index (χ1n) is 6.01. The zero-order valence-corrected chi connectivity index (χ0v) is 12.9. The highest BCUT2D eigenvalue weighted by Crippen LogP contribution is 2.29.